The number of amides is 1. The second-order valence-electron chi connectivity index (χ2n) is 4.38. The molecule has 2 aliphatic rings. The van der Waals surface area contributed by atoms with Gasteiger partial charge in [-0.15, -0.1) is 0 Å². The topological polar surface area (TPSA) is 41.6 Å². The Hall–Kier alpha value is -0.610. The van der Waals surface area contributed by atoms with Crippen molar-refractivity contribution in [3.05, 3.63) is 0 Å². The Morgan fingerprint density at radius 1 is 1.40 bits per heavy atom. The number of carbonyl (C=O) groups is 1. The molecule has 2 saturated heterocycles. The van der Waals surface area contributed by atoms with E-state index in [1.807, 2.05) is 11.8 Å². The zero-order valence-corrected chi connectivity index (χ0v) is 9.37. The summed E-state index contributed by atoms with van der Waals surface area (Å²) in [6.45, 7) is 4.50. The Morgan fingerprint density at radius 3 is 3.00 bits per heavy atom. The van der Waals surface area contributed by atoms with Crippen LogP contribution in [0.15, 0.2) is 0 Å². The third kappa shape index (κ3) is 2.49. The molecule has 0 bridgehead atoms. The summed E-state index contributed by atoms with van der Waals surface area (Å²) in [5.74, 6) is 0.194. The number of carbonyl (C=O) groups excluding carboxylic acids is 1. The second kappa shape index (κ2) is 4.94. The molecule has 0 aliphatic carbocycles. The van der Waals surface area contributed by atoms with Crippen LogP contribution in [0.2, 0.25) is 0 Å². The monoisotopic (exact) mass is 212 g/mol. The van der Waals surface area contributed by atoms with Gasteiger partial charge in [0.1, 0.15) is 6.23 Å². The molecule has 2 unspecified atom stereocenters. The summed E-state index contributed by atoms with van der Waals surface area (Å²) >= 11 is 0. The Balaban J connectivity index is 2.00. The summed E-state index contributed by atoms with van der Waals surface area (Å²) in [5, 5.41) is 3.22. The van der Waals surface area contributed by atoms with Crippen molar-refractivity contribution < 1.29 is 9.53 Å². The Labute approximate surface area is 91.0 Å². The Kier molecular flexibility index (Phi) is 3.59. The largest absolute Gasteiger partial charge is 0.358 e. The van der Waals surface area contributed by atoms with Crippen LogP contribution in [0.5, 0.6) is 0 Å². The molecule has 2 atom stereocenters. The molecule has 2 rings (SSSR count). The highest BCUT2D eigenvalue weighted by molar-refractivity contribution is 5.81. The predicted molar refractivity (Wildman–Crippen MR) is 57.4 cm³/mol. The van der Waals surface area contributed by atoms with E-state index in [-0.39, 0.29) is 18.2 Å². The van der Waals surface area contributed by atoms with E-state index in [1.165, 1.54) is 6.42 Å². The van der Waals surface area contributed by atoms with Gasteiger partial charge in [0.15, 0.2) is 0 Å². The second-order valence-corrected chi connectivity index (χ2v) is 4.38. The zero-order chi connectivity index (χ0) is 10.7. The van der Waals surface area contributed by atoms with Gasteiger partial charge in [0, 0.05) is 13.2 Å². The van der Waals surface area contributed by atoms with Gasteiger partial charge in [0.2, 0.25) is 5.91 Å². The van der Waals surface area contributed by atoms with Crippen molar-refractivity contribution in [2.75, 3.05) is 19.7 Å². The molecular weight excluding hydrogens is 192 g/mol. The SMILES string of the molecule is CC1NCCCN(C2CCCCO2)C1=O. The van der Waals surface area contributed by atoms with Crippen LogP contribution in [0.25, 0.3) is 0 Å². The first-order valence-electron chi connectivity index (χ1n) is 5.94. The van der Waals surface area contributed by atoms with E-state index >= 15 is 0 Å². The maximum Gasteiger partial charge on any atom is 0.241 e. The molecule has 2 aliphatic heterocycles. The quantitative estimate of drug-likeness (QED) is 0.696. The van der Waals surface area contributed by atoms with Gasteiger partial charge in [0.25, 0.3) is 0 Å². The summed E-state index contributed by atoms with van der Waals surface area (Å²) in [7, 11) is 0. The minimum atomic E-state index is -0.0574. The van der Waals surface area contributed by atoms with Crippen LogP contribution in [-0.4, -0.2) is 42.8 Å². The zero-order valence-electron chi connectivity index (χ0n) is 9.37. The maximum absolute atomic E-state index is 12.0. The standard InChI is InChI=1S/C11H20N2O2/c1-9-11(14)13(7-4-6-12-9)10-5-2-3-8-15-10/h9-10,12H,2-8H2,1H3. The minimum Gasteiger partial charge on any atom is -0.358 e. The predicted octanol–water partition coefficient (Wildman–Crippen LogP) is 0.723. The first-order chi connectivity index (χ1) is 7.29. The van der Waals surface area contributed by atoms with Gasteiger partial charge in [0.05, 0.1) is 6.04 Å². The van der Waals surface area contributed by atoms with Gasteiger partial charge in [-0.05, 0) is 39.2 Å². The number of hydrogen-bond acceptors (Lipinski definition) is 3. The molecule has 4 heteroatoms. The van der Waals surface area contributed by atoms with E-state index in [1.54, 1.807) is 0 Å². The van der Waals surface area contributed by atoms with Gasteiger partial charge in [-0.1, -0.05) is 0 Å². The molecule has 2 fully saturated rings. The fourth-order valence-electron chi connectivity index (χ4n) is 2.27. The van der Waals surface area contributed by atoms with Crippen molar-refractivity contribution in [3.8, 4) is 0 Å². The highest BCUT2D eigenvalue weighted by Gasteiger charge is 2.30. The fourth-order valence-corrected chi connectivity index (χ4v) is 2.27. The van der Waals surface area contributed by atoms with E-state index in [0.717, 1.165) is 39.0 Å². The van der Waals surface area contributed by atoms with Crippen LogP contribution in [0.1, 0.15) is 32.6 Å². The average molecular weight is 212 g/mol. The van der Waals surface area contributed by atoms with Crippen LogP contribution < -0.4 is 5.32 Å². The molecule has 2 heterocycles. The Bertz CT molecular complexity index is 227. The van der Waals surface area contributed by atoms with E-state index in [9.17, 15) is 4.79 Å². The number of nitrogens with zero attached hydrogens (tertiary/aromatic N) is 1. The van der Waals surface area contributed by atoms with Crippen molar-refractivity contribution >= 4 is 5.91 Å². The summed E-state index contributed by atoms with van der Waals surface area (Å²) < 4.78 is 5.67. The van der Waals surface area contributed by atoms with Crippen molar-refractivity contribution in [1.82, 2.24) is 10.2 Å². The smallest absolute Gasteiger partial charge is 0.241 e. The number of hydrogen-bond donors (Lipinski definition) is 1. The normalized spacial score (nSPS) is 33.9. The molecule has 0 aromatic rings. The van der Waals surface area contributed by atoms with Crippen LogP contribution in [-0.2, 0) is 9.53 Å². The van der Waals surface area contributed by atoms with Crippen molar-refractivity contribution in [1.29, 1.82) is 0 Å². The van der Waals surface area contributed by atoms with Crippen LogP contribution in [0, 0.1) is 0 Å². The lowest BCUT2D eigenvalue weighted by molar-refractivity contribution is -0.151. The molecular formula is C11H20N2O2. The average Bonchev–Trinajstić information content (AvgIpc) is 2.44. The Morgan fingerprint density at radius 2 is 2.27 bits per heavy atom. The van der Waals surface area contributed by atoms with Crippen molar-refractivity contribution in [2.24, 2.45) is 0 Å². The first kappa shape index (κ1) is 10.9. The first-order valence-corrected chi connectivity index (χ1v) is 5.94. The van der Waals surface area contributed by atoms with E-state index < -0.39 is 0 Å². The lowest BCUT2D eigenvalue weighted by atomic mass is 10.1. The molecule has 4 nitrogen and oxygen atoms in total. The number of nitrogens with one attached hydrogen (secondary N) is 1. The van der Waals surface area contributed by atoms with Crippen LogP contribution in [0.4, 0.5) is 0 Å². The summed E-state index contributed by atoms with van der Waals surface area (Å²) in [4.78, 5) is 13.9. The molecule has 15 heavy (non-hydrogen) atoms. The molecule has 86 valence electrons. The molecule has 1 amide bonds. The summed E-state index contributed by atoms with van der Waals surface area (Å²) in [6, 6.07) is -0.0574. The van der Waals surface area contributed by atoms with Crippen LogP contribution in [0.3, 0.4) is 0 Å². The lowest BCUT2D eigenvalue weighted by Crippen LogP contribution is -2.48. The third-order valence-corrected chi connectivity index (χ3v) is 3.18. The molecule has 0 spiro atoms. The maximum atomic E-state index is 12.0. The molecule has 0 saturated carbocycles. The summed E-state index contributed by atoms with van der Waals surface area (Å²) in [6.07, 6.45) is 4.37. The van der Waals surface area contributed by atoms with E-state index in [2.05, 4.69) is 5.32 Å². The van der Waals surface area contributed by atoms with Gasteiger partial charge in [-0.25, -0.2) is 0 Å². The van der Waals surface area contributed by atoms with Gasteiger partial charge >= 0.3 is 0 Å². The van der Waals surface area contributed by atoms with Gasteiger partial charge < -0.3 is 15.0 Å². The summed E-state index contributed by atoms with van der Waals surface area (Å²) in [5.41, 5.74) is 0. The molecule has 0 radical (unpaired) electrons. The number of rotatable bonds is 1. The van der Waals surface area contributed by atoms with Crippen molar-refractivity contribution in [3.63, 3.8) is 0 Å². The number of ether oxygens (including phenoxy) is 1. The van der Waals surface area contributed by atoms with Crippen molar-refractivity contribution in [2.45, 2.75) is 44.9 Å². The van der Waals surface area contributed by atoms with Gasteiger partial charge in [-0.2, -0.15) is 0 Å². The lowest BCUT2D eigenvalue weighted by Gasteiger charge is -2.34. The molecule has 1 N–H and O–H groups in total. The highest BCUT2D eigenvalue weighted by Crippen LogP contribution is 2.18. The van der Waals surface area contributed by atoms with Gasteiger partial charge in [-0.3, -0.25) is 4.79 Å². The van der Waals surface area contributed by atoms with E-state index in [0.29, 0.717) is 0 Å². The third-order valence-electron chi connectivity index (χ3n) is 3.18. The molecule has 0 aromatic carbocycles. The van der Waals surface area contributed by atoms with Crippen LogP contribution >= 0.6 is 0 Å². The molecule has 0 aromatic heterocycles. The fraction of sp³-hybridized carbons (Fsp3) is 0.909. The highest BCUT2D eigenvalue weighted by atomic mass is 16.5. The minimum absolute atomic E-state index is 0.0357. The van der Waals surface area contributed by atoms with E-state index in [4.69, 9.17) is 4.74 Å².